The highest BCUT2D eigenvalue weighted by Crippen LogP contribution is 2.28. The zero-order chi connectivity index (χ0) is 13.9. The number of fused-ring (bicyclic) bond motifs is 1. The molecule has 2 aromatic rings. The third-order valence-electron chi connectivity index (χ3n) is 4.64. The molecule has 1 unspecified atom stereocenters. The molecular formula is C17H24N2O. The van der Waals surface area contributed by atoms with Crippen LogP contribution in [0.1, 0.15) is 44.9 Å². The molecule has 20 heavy (non-hydrogen) atoms. The standard InChI is InChI=1S/C17H24N2O/c1-2-19-15-11-7-6-10-14(15)18-17(19)12-16(20)13-8-4-3-5-9-13/h6-7,10-11,13,16,20H,2-5,8-9,12H2,1H3. The molecule has 3 rings (SSSR count). The van der Waals surface area contributed by atoms with Gasteiger partial charge in [0.1, 0.15) is 5.82 Å². The fourth-order valence-corrected chi connectivity index (χ4v) is 3.51. The fraction of sp³-hybridized carbons (Fsp3) is 0.588. The summed E-state index contributed by atoms with van der Waals surface area (Å²) in [6, 6.07) is 8.24. The van der Waals surface area contributed by atoms with Crippen molar-refractivity contribution in [3.8, 4) is 0 Å². The molecule has 108 valence electrons. The summed E-state index contributed by atoms with van der Waals surface area (Å²) in [6.07, 6.45) is 6.67. The number of aryl methyl sites for hydroxylation is 1. The SMILES string of the molecule is CCn1c(CC(O)C2CCCCC2)nc2ccccc21. The molecule has 0 spiro atoms. The second kappa shape index (κ2) is 5.96. The number of para-hydroxylation sites is 2. The Morgan fingerprint density at radius 2 is 2.00 bits per heavy atom. The molecule has 1 aliphatic rings. The minimum atomic E-state index is -0.239. The van der Waals surface area contributed by atoms with E-state index in [1.54, 1.807) is 0 Å². The summed E-state index contributed by atoms with van der Waals surface area (Å²) >= 11 is 0. The van der Waals surface area contributed by atoms with Gasteiger partial charge in [-0.3, -0.25) is 0 Å². The molecule has 0 radical (unpaired) electrons. The first-order valence-electron chi connectivity index (χ1n) is 7.91. The van der Waals surface area contributed by atoms with Crippen LogP contribution in [-0.2, 0) is 13.0 Å². The van der Waals surface area contributed by atoms with E-state index in [-0.39, 0.29) is 6.10 Å². The fourth-order valence-electron chi connectivity index (χ4n) is 3.51. The molecule has 0 amide bonds. The van der Waals surface area contributed by atoms with Gasteiger partial charge < -0.3 is 9.67 Å². The highest BCUT2D eigenvalue weighted by Gasteiger charge is 2.23. The van der Waals surface area contributed by atoms with Crippen molar-refractivity contribution >= 4 is 11.0 Å². The van der Waals surface area contributed by atoms with Crippen LogP contribution in [0, 0.1) is 5.92 Å². The molecular weight excluding hydrogens is 248 g/mol. The quantitative estimate of drug-likeness (QED) is 0.924. The largest absolute Gasteiger partial charge is 0.392 e. The van der Waals surface area contributed by atoms with Gasteiger partial charge in [0.05, 0.1) is 17.1 Å². The predicted octanol–water partition coefficient (Wildman–Crippen LogP) is 3.54. The van der Waals surface area contributed by atoms with Crippen LogP contribution in [0.3, 0.4) is 0 Å². The van der Waals surface area contributed by atoms with Crippen molar-refractivity contribution in [3.63, 3.8) is 0 Å². The number of aliphatic hydroxyl groups excluding tert-OH is 1. The van der Waals surface area contributed by atoms with E-state index in [0.717, 1.165) is 17.9 Å². The number of imidazole rings is 1. The van der Waals surface area contributed by atoms with E-state index >= 15 is 0 Å². The molecule has 1 aromatic carbocycles. The van der Waals surface area contributed by atoms with Gasteiger partial charge in [-0.25, -0.2) is 4.98 Å². The average molecular weight is 272 g/mol. The van der Waals surface area contributed by atoms with Gasteiger partial charge in [-0.2, -0.15) is 0 Å². The lowest BCUT2D eigenvalue weighted by Gasteiger charge is -2.26. The number of nitrogens with zero attached hydrogens (tertiary/aromatic N) is 2. The molecule has 3 heteroatoms. The van der Waals surface area contributed by atoms with Crippen molar-refractivity contribution in [1.82, 2.24) is 9.55 Å². The minimum absolute atomic E-state index is 0.239. The maximum atomic E-state index is 10.5. The topological polar surface area (TPSA) is 38.0 Å². The first-order chi connectivity index (χ1) is 9.79. The number of aliphatic hydroxyl groups is 1. The highest BCUT2D eigenvalue weighted by molar-refractivity contribution is 5.75. The maximum absolute atomic E-state index is 10.5. The van der Waals surface area contributed by atoms with Crippen LogP contribution >= 0.6 is 0 Å². The first-order valence-corrected chi connectivity index (χ1v) is 7.91. The number of rotatable bonds is 4. The van der Waals surface area contributed by atoms with Crippen molar-refractivity contribution in [2.45, 2.75) is 58.1 Å². The van der Waals surface area contributed by atoms with Crippen LogP contribution in [-0.4, -0.2) is 20.8 Å². The minimum Gasteiger partial charge on any atom is -0.392 e. The first kappa shape index (κ1) is 13.6. The molecule has 1 aliphatic carbocycles. The van der Waals surface area contributed by atoms with Crippen LogP contribution < -0.4 is 0 Å². The highest BCUT2D eigenvalue weighted by atomic mass is 16.3. The summed E-state index contributed by atoms with van der Waals surface area (Å²) in [4.78, 5) is 4.72. The monoisotopic (exact) mass is 272 g/mol. The van der Waals surface area contributed by atoms with E-state index in [2.05, 4.69) is 29.7 Å². The Bertz CT molecular complexity index is 569. The zero-order valence-corrected chi connectivity index (χ0v) is 12.3. The molecule has 1 fully saturated rings. The molecule has 1 saturated carbocycles. The van der Waals surface area contributed by atoms with E-state index in [1.807, 2.05) is 6.07 Å². The Balaban J connectivity index is 1.82. The van der Waals surface area contributed by atoms with Gasteiger partial charge in [-0.1, -0.05) is 31.4 Å². The Morgan fingerprint density at radius 3 is 2.75 bits per heavy atom. The molecule has 0 aliphatic heterocycles. The predicted molar refractivity (Wildman–Crippen MR) is 81.7 cm³/mol. The number of aromatic nitrogens is 2. The van der Waals surface area contributed by atoms with Gasteiger partial charge in [-0.15, -0.1) is 0 Å². The Kier molecular flexibility index (Phi) is 4.06. The van der Waals surface area contributed by atoms with Crippen LogP contribution in [0.4, 0.5) is 0 Å². The van der Waals surface area contributed by atoms with Crippen molar-refractivity contribution in [3.05, 3.63) is 30.1 Å². The zero-order valence-electron chi connectivity index (χ0n) is 12.3. The van der Waals surface area contributed by atoms with E-state index in [0.29, 0.717) is 12.3 Å². The van der Waals surface area contributed by atoms with Gasteiger partial charge in [0.25, 0.3) is 0 Å². The molecule has 0 bridgehead atoms. The van der Waals surface area contributed by atoms with Crippen molar-refractivity contribution in [1.29, 1.82) is 0 Å². The second-order valence-electron chi connectivity index (χ2n) is 5.93. The molecule has 1 aromatic heterocycles. The summed E-state index contributed by atoms with van der Waals surface area (Å²) in [5.74, 6) is 1.50. The van der Waals surface area contributed by atoms with E-state index < -0.39 is 0 Å². The van der Waals surface area contributed by atoms with E-state index in [1.165, 1.54) is 37.6 Å². The lowest BCUT2D eigenvalue weighted by molar-refractivity contribution is 0.0827. The van der Waals surface area contributed by atoms with E-state index in [9.17, 15) is 5.11 Å². The van der Waals surface area contributed by atoms with Gasteiger partial charge in [0.2, 0.25) is 0 Å². The smallest absolute Gasteiger partial charge is 0.112 e. The van der Waals surface area contributed by atoms with Crippen LogP contribution in [0.5, 0.6) is 0 Å². The normalized spacial score (nSPS) is 18.5. The lowest BCUT2D eigenvalue weighted by atomic mass is 9.84. The lowest BCUT2D eigenvalue weighted by Crippen LogP contribution is -2.26. The summed E-state index contributed by atoms with van der Waals surface area (Å²) in [5, 5.41) is 10.5. The number of hydrogen-bond donors (Lipinski definition) is 1. The molecule has 0 saturated heterocycles. The third-order valence-corrected chi connectivity index (χ3v) is 4.64. The van der Waals surface area contributed by atoms with Gasteiger partial charge in [0, 0.05) is 13.0 Å². The van der Waals surface area contributed by atoms with Crippen LogP contribution in [0.2, 0.25) is 0 Å². The molecule has 1 atom stereocenters. The van der Waals surface area contributed by atoms with Crippen molar-refractivity contribution in [2.24, 2.45) is 5.92 Å². The summed E-state index contributed by atoms with van der Waals surface area (Å²) in [6.45, 7) is 3.05. The Hall–Kier alpha value is -1.35. The average Bonchev–Trinajstić information content (AvgIpc) is 2.85. The summed E-state index contributed by atoms with van der Waals surface area (Å²) in [7, 11) is 0. The van der Waals surface area contributed by atoms with Gasteiger partial charge in [-0.05, 0) is 37.8 Å². The number of benzene rings is 1. The summed E-state index contributed by atoms with van der Waals surface area (Å²) in [5.41, 5.74) is 2.22. The van der Waals surface area contributed by atoms with Gasteiger partial charge >= 0.3 is 0 Å². The molecule has 1 heterocycles. The number of hydrogen-bond acceptors (Lipinski definition) is 2. The van der Waals surface area contributed by atoms with Crippen molar-refractivity contribution < 1.29 is 5.11 Å². The Labute approximate surface area is 120 Å². The van der Waals surface area contributed by atoms with E-state index in [4.69, 9.17) is 4.98 Å². The molecule has 1 N–H and O–H groups in total. The molecule has 3 nitrogen and oxygen atoms in total. The maximum Gasteiger partial charge on any atom is 0.112 e. The third kappa shape index (κ3) is 2.59. The van der Waals surface area contributed by atoms with Crippen molar-refractivity contribution in [2.75, 3.05) is 0 Å². The Morgan fingerprint density at radius 1 is 1.25 bits per heavy atom. The second-order valence-corrected chi connectivity index (χ2v) is 5.93. The summed E-state index contributed by atoms with van der Waals surface area (Å²) < 4.78 is 2.24. The van der Waals surface area contributed by atoms with Crippen LogP contribution in [0.25, 0.3) is 11.0 Å². The van der Waals surface area contributed by atoms with Gasteiger partial charge in [0.15, 0.2) is 0 Å². The van der Waals surface area contributed by atoms with Crippen LogP contribution in [0.15, 0.2) is 24.3 Å².